The first-order valence-electron chi connectivity index (χ1n) is 6.94. The van der Waals surface area contributed by atoms with Gasteiger partial charge in [-0.3, -0.25) is 0 Å². The number of aromatic nitrogens is 1. The summed E-state index contributed by atoms with van der Waals surface area (Å²) in [5, 5.41) is 4.05. The van der Waals surface area contributed by atoms with Crippen molar-refractivity contribution in [3.05, 3.63) is 51.1 Å². The van der Waals surface area contributed by atoms with Crippen LogP contribution in [-0.4, -0.2) is 11.0 Å². The van der Waals surface area contributed by atoms with Crippen molar-refractivity contribution >= 4 is 27.5 Å². The van der Waals surface area contributed by atoms with Crippen LogP contribution in [0.4, 0.5) is 0 Å². The monoisotopic (exact) mass is 366 g/mol. The van der Waals surface area contributed by atoms with E-state index in [9.17, 15) is 0 Å². The molecule has 0 amide bonds. The summed E-state index contributed by atoms with van der Waals surface area (Å²) < 4.78 is 6.68. The molecule has 1 N–H and O–H groups in total. The summed E-state index contributed by atoms with van der Waals surface area (Å²) in [6.45, 7) is 2.86. The Kier molecular flexibility index (Phi) is 4.48. The van der Waals surface area contributed by atoms with Gasteiger partial charge in [-0.05, 0) is 43.5 Å². The SMILES string of the molecule is Cc1nc(Oc2ccc(Br)cc2Cl)ccc1CNC1CC1. The Balaban J connectivity index is 1.71. The number of benzene rings is 1. The lowest BCUT2D eigenvalue weighted by Gasteiger charge is -2.10. The van der Waals surface area contributed by atoms with Crippen molar-refractivity contribution in [3.63, 3.8) is 0 Å². The first-order valence-corrected chi connectivity index (χ1v) is 8.12. The third kappa shape index (κ3) is 3.96. The summed E-state index contributed by atoms with van der Waals surface area (Å²) in [4.78, 5) is 4.50. The second-order valence-electron chi connectivity index (χ2n) is 5.23. The molecule has 0 unspecified atom stereocenters. The molecule has 0 saturated heterocycles. The van der Waals surface area contributed by atoms with E-state index in [1.165, 1.54) is 18.4 Å². The zero-order chi connectivity index (χ0) is 14.8. The largest absolute Gasteiger partial charge is 0.437 e. The highest BCUT2D eigenvalue weighted by Crippen LogP contribution is 2.31. The Hall–Kier alpha value is -1.10. The third-order valence-electron chi connectivity index (χ3n) is 3.44. The van der Waals surface area contributed by atoms with E-state index >= 15 is 0 Å². The Morgan fingerprint density at radius 1 is 1.33 bits per heavy atom. The molecule has 21 heavy (non-hydrogen) atoms. The molecule has 110 valence electrons. The van der Waals surface area contributed by atoms with Gasteiger partial charge in [0.25, 0.3) is 0 Å². The topological polar surface area (TPSA) is 34.1 Å². The maximum atomic E-state index is 6.15. The Bertz CT molecular complexity index is 659. The van der Waals surface area contributed by atoms with Crippen molar-refractivity contribution in [1.82, 2.24) is 10.3 Å². The van der Waals surface area contributed by atoms with Gasteiger partial charge >= 0.3 is 0 Å². The Morgan fingerprint density at radius 3 is 2.81 bits per heavy atom. The van der Waals surface area contributed by atoms with E-state index in [1.54, 1.807) is 6.07 Å². The van der Waals surface area contributed by atoms with Gasteiger partial charge in [0.05, 0.1) is 5.02 Å². The molecule has 0 aliphatic heterocycles. The number of hydrogen-bond donors (Lipinski definition) is 1. The second kappa shape index (κ2) is 6.34. The van der Waals surface area contributed by atoms with Crippen LogP contribution in [0.2, 0.25) is 5.02 Å². The maximum absolute atomic E-state index is 6.15. The van der Waals surface area contributed by atoms with Crippen LogP contribution in [0, 0.1) is 6.92 Å². The van der Waals surface area contributed by atoms with Gasteiger partial charge in [0.2, 0.25) is 5.88 Å². The van der Waals surface area contributed by atoms with Gasteiger partial charge in [-0.1, -0.05) is 33.6 Å². The maximum Gasteiger partial charge on any atom is 0.219 e. The average Bonchev–Trinajstić information content (AvgIpc) is 3.25. The van der Waals surface area contributed by atoms with Gasteiger partial charge in [0.1, 0.15) is 5.75 Å². The number of nitrogens with one attached hydrogen (secondary N) is 1. The predicted octanol–water partition coefficient (Wildman–Crippen LogP) is 4.85. The van der Waals surface area contributed by atoms with Crippen LogP contribution < -0.4 is 10.1 Å². The van der Waals surface area contributed by atoms with E-state index in [0.29, 0.717) is 22.7 Å². The van der Waals surface area contributed by atoms with Crippen LogP contribution in [0.25, 0.3) is 0 Å². The summed E-state index contributed by atoms with van der Waals surface area (Å²) in [5.74, 6) is 1.17. The molecule has 1 fully saturated rings. The average molecular weight is 368 g/mol. The minimum Gasteiger partial charge on any atom is -0.437 e. The zero-order valence-electron chi connectivity index (χ0n) is 11.7. The van der Waals surface area contributed by atoms with Gasteiger partial charge in [-0.2, -0.15) is 0 Å². The minimum atomic E-state index is 0.559. The van der Waals surface area contributed by atoms with Crippen LogP contribution >= 0.6 is 27.5 Å². The van der Waals surface area contributed by atoms with Gasteiger partial charge < -0.3 is 10.1 Å². The summed E-state index contributed by atoms with van der Waals surface area (Å²) in [5.41, 5.74) is 2.19. The molecule has 3 rings (SSSR count). The second-order valence-corrected chi connectivity index (χ2v) is 6.55. The number of ether oxygens (including phenoxy) is 1. The highest BCUT2D eigenvalue weighted by atomic mass is 79.9. The summed E-state index contributed by atoms with van der Waals surface area (Å²) in [6, 6.07) is 10.2. The van der Waals surface area contributed by atoms with E-state index in [2.05, 4.69) is 32.3 Å². The van der Waals surface area contributed by atoms with Crippen molar-refractivity contribution in [2.24, 2.45) is 0 Å². The molecule has 1 aromatic heterocycles. The number of pyridine rings is 1. The van der Waals surface area contributed by atoms with Gasteiger partial charge in [0.15, 0.2) is 0 Å². The van der Waals surface area contributed by atoms with Crippen molar-refractivity contribution in [2.45, 2.75) is 32.4 Å². The lowest BCUT2D eigenvalue weighted by atomic mass is 10.2. The number of aryl methyl sites for hydroxylation is 1. The predicted molar refractivity (Wildman–Crippen MR) is 88.1 cm³/mol. The molecule has 1 aliphatic rings. The molecule has 5 heteroatoms. The molecule has 1 aliphatic carbocycles. The molecule has 1 aromatic carbocycles. The molecule has 3 nitrogen and oxygen atoms in total. The fourth-order valence-electron chi connectivity index (χ4n) is 2.02. The normalized spacial score (nSPS) is 14.2. The lowest BCUT2D eigenvalue weighted by molar-refractivity contribution is 0.461. The zero-order valence-corrected chi connectivity index (χ0v) is 14.0. The van der Waals surface area contributed by atoms with Crippen molar-refractivity contribution in [1.29, 1.82) is 0 Å². The summed E-state index contributed by atoms with van der Waals surface area (Å²) in [6.07, 6.45) is 2.57. The van der Waals surface area contributed by atoms with Crippen LogP contribution in [0.5, 0.6) is 11.6 Å². The third-order valence-corrected chi connectivity index (χ3v) is 4.23. The van der Waals surface area contributed by atoms with E-state index in [-0.39, 0.29) is 0 Å². The Labute approximate surface area is 137 Å². The molecule has 0 atom stereocenters. The fourth-order valence-corrected chi connectivity index (χ4v) is 2.73. The number of hydrogen-bond acceptors (Lipinski definition) is 3. The molecular formula is C16H16BrClN2O. The fraction of sp³-hybridized carbons (Fsp3) is 0.312. The lowest BCUT2D eigenvalue weighted by Crippen LogP contribution is -2.16. The number of rotatable bonds is 5. The number of nitrogens with zero attached hydrogens (tertiary/aromatic N) is 1. The number of halogens is 2. The van der Waals surface area contributed by atoms with Gasteiger partial charge in [-0.25, -0.2) is 4.98 Å². The van der Waals surface area contributed by atoms with Crippen LogP contribution in [0.3, 0.4) is 0 Å². The van der Waals surface area contributed by atoms with E-state index < -0.39 is 0 Å². The minimum absolute atomic E-state index is 0.559. The molecule has 0 spiro atoms. The molecule has 0 radical (unpaired) electrons. The Morgan fingerprint density at radius 2 is 2.14 bits per heavy atom. The first-order chi connectivity index (χ1) is 10.1. The summed E-state index contributed by atoms with van der Waals surface area (Å²) >= 11 is 9.52. The highest BCUT2D eigenvalue weighted by molar-refractivity contribution is 9.10. The van der Waals surface area contributed by atoms with Gasteiger partial charge in [0, 0.05) is 28.8 Å². The van der Waals surface area contributed by atoms with Crippen LogP contribution in [-0.2, 0) is 6.54 Å². The van der Waals surface area contributed by atoms with Crippen molar-refractivity contribution in [3.8, 4) is 11.6 Å². The molecular weight excluding hydrogens is 352 g/mol. The smallest absolute Gasteiger partial charge is 0.219 e. The first kappa shape index (κ1) is 14.8. The summed E-state index contributed by atoms with van der Waals surface area (Å²) in [7, 11) is 0. The van der Waals surface area contributed by atoms with Crippen molar-refractivity contribution < 1.29 is 4.74 Å². The molecule has 1 saturated carbocycles. The van der Waals surface area contributed by atoms with E-state index in [1.807, 2.05) is 25.1 Å². The van der Waals surface area contributed by atoms with E-state index in [0.717, 1.165) is 16.7 Å². The van der Waals surface area contributed by atoms with E-state index in [4.69, 9.17) is 16.3 Å². The standard InChI is InChI=1S/C16H16BrClN2O/c1-10-11(9-19-13-4-5-13)2-7-16(20-10)21-15-6-3-12(17)8-14(15)18/h2-3,6-8,13,19H,4-5,9H2,1H3. The molecule has 0 bridgehead atoms. The van der Waals surface area contributed by atoms with Crippen LogP contribution in [0.1, 0.15) is 24.1 Å². The molecule has 2 aromatic rings. The highest BCUT2D eigenvalue weighted by Gasteiger charge is 2.20. The van der Waals surface area contributed by atoms with Crippen LogP contribution in [0.15, 0.2) is 34.8 Å². The quantitative estimate of drug-likeness (QED) is 0.820. The van der Waals surface area contributed by atoms with Crippen molar-refractivity contribution in [2.75, 3.05) is 0 Å². The molecule has 1 heterocycles. The van der Waals surface area contributed by atoms with Gasteiger partial charge in [-0.15, -0.1) is 0 Å².